The highest BCUT2D eigenvalue weighted by Crippen LogP contribution is 2.22. The maximum absolute atomic E-state index is 12.2. The van der Waals surface area contributed by atoms with Gasteiger partial charge in [0, 0.05) is 17.5 Å². The van der Waals surface area contributed by atoms with Gasteiger partial charge in [-0.3, -0.25) is 0 Å². The number of rotatable bonds is 7. The third-order valence-electron chi connectivity index (χ3n) is 3.79. The van der Waals surface area contributed by atoms with Gasteiger partial charge in [-0.25, -0.2) is 9.78 Å². The molecule has 3 aromatic rings. The van der Waals surface area contributed by atoms with Crippen molar-refractivity contribution in [2.24, 2.45) is 0 Å². The summed E-state index contributed by atoms with van der Waals surface area (Å²) in [5.41, 5.74) is 3.37. The maximum atomic E-state index is 12.2. The van der Waals surface area contributed by atoms with Crippen LogP contribution in [0.4, 0.5) is 5.13 Å². The Bertz CT molecular complexity index is 878. The number of benzene rings is 2. The lowest BCUT2D eigenvalue weighted by atomic mass is 10.1. The van der Waals surface area contributed by atoms with Gasteiger partial charge in [-0.15, -0.1) is 11.3 Å². The zero-order valence-electron chi connectivity index (χ0n) is 14.7. The standard InChI is InChI=1S/C20H20N2O3S/c1-14-8-9-18(24-2)16(10-14)12-25-19(23)17-13-26-20(22-17)21-11-15-6-4-3-5-7-15/h3-10,13H,11-12H2,1-2H3,(H,21,22). The highest BCUT2D eigenvalue weighted by molar-refractivity contribution is 7.13. The topological polar surface area (TPSA) is 60.5 Å². The summed E-state index contributed by atoms with van der Waals surface area (Å²) in [6.45, 7) is 2.78. The largest absolute Gasteiger partial charge is 0.496 e. The molecule has 0 unspecified atom stereocenters. The van der Waals surface area contributed by atoms with Gasteiger partial charge in [0.15, 0.2) is 10.8 Å². The van der Waals surface area contributed by atoms with Gasteiger partial charge in [-0.05, 0) is 24.6 Å². The van der Waals surface area contributed by atoms with Crippen LogP contribution < -0.4 is 10.1 Å². The van der Waals surface area contributed by atoms with Crippen molar-refractivity contribution in [2.75, 3.05) is 12.4 Å². The van der Waals surface area contributed by atoms with Gasteiger partial charge in [0.2, 0.25) is 0 Å². The molecule has 134 valence electrons. The first-order valence-corrected chi connectivity index (χ1v) is 9.07. The fourth-order valence-corrected chi connectivity index (χ4v) is 3.14. The van der Waals surface area contributed by atoms with Crippen molar-refractivity contribution >= 4 is 22.4 Å². The molecule has 0 bridgehead atoms. The van der Waals surface area contributed by atoms with E-state index in [1.54, 1.807) is 12.5 Å². The molecule has 0 saturated heterocycles. The minimum Gasteiger partial charge on any atom is -0.496 e. The van der Waals surface area contributed by atoms with Crippen LogP contribution in [0, 0.1) is 6.92 Å². The molecule has 26 heavy (non-hydrogen) atoms. The number of carbonyl (C=O) groups is 1. The second-order valence-electron chi connectivity index (χ2n) is 5.77. The number of ether oxygens (including phenoxy) is 2. The summed E-state index contributed by atoms with van der Waals surface area (Å²) in [7, 11) is 1.60. The number of nitrogens with one attached hydrogen (secondary N) is 1. The molecule has 0 aliphatic rings. The quantitative estimate of drug-likeness (QED) is 0.625. The highest BCUT2D eigenvalue weighted by atomic mass is 32.1. The van der Waals surface area contributed by atoms with E-state index in [9.17, 15) is 4.79 Å². The molecule has 0 aliphatic heterocycles. The fraction of sp³-hybridized carbons (Fsp3) is 0.200. The second-order valence-corrected chi connectivity index (χ2v) is 6.63. The van der Waals surface area contributed by atoms with Gasteiger partial charge < -0.3 is 14.8 Å². The van der Waals surface area contributed by atoms with Crippen LogP contribution >= 0.6 is 11.3 Å². The van der Waals surface area contributed by atoms with E-state index in [0.717, 1.165) is 16.7 Å². The number of methoxy groups -OCH3 is 1. The van der Waals surface area contributed by atoms with Gasteiger partial charge in [0.05, 0.1) is 7.11 Å². The van der Waals surface area contributed by atoms with Crippen LogP contribution in [0.25, 0.3) is 0 Å². The Morgan fingerprint density at radius 3 is 2.77 bits per heavy atom. The van der Waals surface area contributed by atoms with E-state index in [-0.39, 0.29) is 6.61 Å². The van der Waals surface area contributed by atoms with Gasteiger partial charge in [0.25, 0.3) is 0 Å². The van der Waals surface area contributed by atoms with E-state index in [1.165, 1.54) is 11.3 Å². The number of hydrogen-bond donors (Lipinski definition) is 1. The van der Waals surface area contributed by atoms with Gasteiger partial charge in [0.1, 0.15) is 12.4 Å². The van der Waals surface area contributed by atoms with E-state index in [4.69, 9.17) is 9.47 Å². The molecule has 2 aromatic carbocycles. The van der Waals surface area contributed by atoms with Crippen molar-refractivity contribution < 1.29 is 14.3 Å². The summed E-state index contributed by atoms with van der Waals surface area (Å²) >= 11 is 1.38. The van der Waals surface area contributed by atoms with E-state index in [2.05, 4.69) is 10.3 Å². The minimum absolute atomic E-state index is 0.147. The molecule has 5 nitrogen and oxygen atoms in total. The Morgan fingerprint density at radius 1 is 1.19 bits per heavy atom. The summed E-state index contributed by atoms with van der Waals surface area (Å²) in [5, 5.41) is 5.60. The van der Waals surface area contributed by atoms with Crippen LogP contribution in [0.1, 0.15) is 27.2 Å². The lowest BCUT2D eigenvalue weighted by molar-refractivity contribution is 0.0464. The number of esters is 1. The molecule has 0 atom stereocenters. The first kappa shape index (κ1) is 17.9. The molecule has 0 spiro atoms. The van der Waals surface area contributed by atoms with E-state index >= 15 is 0 Å². The third kappa shape index (κ3) is 4.61. The summed E-state index contributed by atoms with van der Waals surface area (Å²) in [4.78, 5) is 16.5. The van der Waals surface area contributed by atoms with E-state index in [1.807, 2.05) is 55.5 Å². The zero-order chi connectivity index (χ0) is 18.4. The molecule has 0 amide bonds. The monoisotopic (exact) mass is 368 g/mol. The second kappa shape index (κ2) is 8.49. The van der Waals surface area contributed by atoms with Crippen molar-refractivity contribution in [3.63, 3.8) is 0 Å². The van der Waals surface area contributed by atoms with E-state index in [0.29, 0.717) is 23.1 Å². The van der Waals surface area contributed by atoms with Crippen LogP contribution in [0.2, 0.25) is 0 Å². The zero-order valence-corrected chi connectivity index (χ0v) is 15.5. The van der Waals surface area contributed by atoms with Gasteiger partial charge >= 0.3 is 5.97 Å². The number of aryl methyl sites for hydroxylation is 1. The first-order chi connectivity index (χ1) is 12.7. The Hall–Kier alpha value is -2.86. The summed E-state index contributed by atoms with van der Waals surface area (Å²) in [6, 6.07) is 15.8. The average Bonchev–Trinajstić information content (AvgIpc) is 3.14. The maximum Gasteiger partial charge on any atom is 0.358 e. The highest BCUT2D eigenvalue weighted by Gasteiger charge is 2.14. The molecule has 0 saturated carbocycles. The van der Waals surface area contributed by atoms with Crippen LogP contribution in [0.3, 0.4) is 0 Å². The number of nitrogens with zero attached hydrogens (tertiary/aromatic N) is 1. The van der Waals surface area contributed by atoms with Crippen molar-refractivity contribution in [2.45, 2.75) is 20.1 Å². The molecule has 6 heteroatoms. The first-order valence-electron chi connectivity index (χ1n) is 8.19. The van der Waals surface area contributed by atoms with Crippen LogP contribution in [-0.4, -0.2) is 18.1 Å². The van der Waals surface area contributed by atoms with Crippen molar-refractivity contribution in [1.82, 2.24) is 4.98 Å². The Morgan fingerprint density at radius 2 is 2.00 bits per heavy atom. The molecule has 1 aromatic heterocycles. The summed E-state index contributed by atoms with van der Waals surface area (Å²) < 4.78 is 10.7. The Balaban J connectivity index is 1.57. The number of carbonyl (C=O) groups excluding carboxylic acids is 1. The SMILES string of the molecule is COc1ccc(C)cc1COC(=O)c1csc(NCc2ccccc2)n1. The van der Waals surface area contributed by atoms with Gasteiger partial charge in [-0.1, -0.05) is 42.0 Å². The van der Waals surface area contributed by atoms with Crippen LogP contribution in [-0.2, 0) is 17.9 Å². The Labute approximate surface area is 156 Å². The lowest BCUT2D eigenvalue weighted by Gasteiger charge is -2.09. The van der Waals surface area contributed by atoms with Crippen molar-refractivity contribution in [3.8, 4) is 5.75 Å². The predicted molar refractivity (Wildman–Crippen MR) is 103 cm³/mol. The molecule has 1 heterocycles. The molecular formula is C20H20N2O3S. The predicted octanol–water partition coefficient (Wildman–Crippen LogP) is 4.43. The minimum atomic E-state index is -0.447. The molecule has 1 N–H and O–H groups in total. The molecular weight excluding hydrogens is 348 g/mol. The molecule has 0 aliphatic carbocycles. The van der Waals surface area contributed by atoms with Crippen LogP contribution in [0.15, 0.2) is 53.9 Å². The molecule has 0 radical (unpaired) electrons. The molecule has 0 fully saturated rings. The number of aromatic nitrogens is 1. The number of anilines is 1. The summed E-state index contributed by atoms with van der Waals surface area (Å²) in [5.74, 6) is 0.254. The Kier molecular flexibility index (Phi) is 5.86. The lowest BCUT2D eigenvalue weighted by Crippen LogP contribution is -2.07. The fourth-order valence-electron chi connectivity index (χ4n) is 2.46. The van der Waals surface area contributed by atoms with Crippen LogP contribution in [0.5, 0.6) is 5.75 Å². The smallest absolute Gasteiger partial charge is 0.358 e. The average molecular weight is 368 g/mol. The number of hydrogen-bond acceptors (Lipinski definition) is 6. The summed E-state index contributed by atoms with van der Waals surface area (Å²) in [6.07, 6.45) is 0. The van der Waals surface area contributed by atoms with Gasteiger partial charge in [-0.2, -0.15) is 0 Å². The van der Waals surface area contributed by atoms with Crippen molar-refractivity contribution in [1.29, 1.82) is 0 Å². The van der Waals surface area contributed by atoms with Crippen molar-refractivity contribution in [3.05, 3.63) is 76.3 Å². The molecule has 3 rings (SSSR count). The third-order valence-corrected chi connectivity index (χ3v) is 4.59. The van der Waals surface area contributed by atoms with E-state index < -0.39 is 5.97 Å². The number of thiazole rings is 1. The normalized spacial score (nSPS) is 10.4.